The molecule has 2 bridgehead atoms. The molecule has 0 radical (unpaired) electrons. The second kappa shape index (κ2) is 5.21. The summed E-state index contributed by atoms with van der Waals surface area (Å²) in [6.45, 7) is 5.98. The van der Waals surface area contributed by atoms with Crippen LogP contribution in [0.5, 0.6) is 0 Å². The highest BCUT2D eigenvalue weighted by atomic mass is 79.9. The van der Waals surface area contributed by atoms with Gasteiger partial charge >= 0.3 is 0 Å². The van der Waals surface area contributed by atoms with Crippen LogP contribution in [0.3, 0.4) is 0 Å². The SMILES string of the molecule is CC1(C)[C@]2(C(=O)Nc3c(Cl)cccc3Cl)CC[C@]1(C)C(=O)[C@H]2Br. The Balaban J connectivity index is 2.04. The van der Waals surface area contributed by atoms with Crippen LogP contribution >= 0.6 is 39.1 Å². The molecule has 3 nitrogen and oxygen atoms in total. The fourth-order valence-electron chi connectivity index (χ4n) is 4.30. The largest absolute Gasteiger partial charge is 0.323 e. The number of hydrogen-bond donors (Lipinski definition) is 1. The van der Waals surface area contributed by atoms with Gasteiger partial charge in [0.25, 0.3) is 0 Å². The first-order valence-corrected chi connectivity index (χ1v) is 9.20. The van der Waals surface area contributed by atoms with Crippen LogP contribution in [0.2, 0.25) is 10.0 Å². The van der Waals surface area contributed by atoms with E-state index in [2.05, 4.69) is 21.2 Å². The van der Waals surface area contributed by atoms with E-state index in [-0.39, 0.29) is 11.7 Å². The summed E-state index contributed by atoms with van der Waals surface area (Å²) < 4.78 is 0. The molecule has 6 heteroatoms. The minimum absolute atomic E-state index is 0.106. The van der Waals surface area contributed by atoms with Gasteiger partial charge in [-0.15, -0.1) is 0 Å². The Labute approximate surface area is 154 Å². The lowest BCUT2D eigenvalue weighted by molar-refractivity contribution is -0.130. The summed E-state index contributed by atoms with van der Waals surface area (Å²) >= 11 is 15.8. The topological polar surface area (TPSA) is 46.2 Å². The summed E-state index contributed by atoms with van der Waals surface area (Å²) in [5.74, 6) is -0.0943. The first kappa shape index (κ1) is 17.2. The lowest BCUT2D eigenvalue weighted by Gasteiger charge is -2.39. The molecule has 1 amide bonds. The Kier molecular flexibility index (Phi) is 3.90. The van der Waals surface area contributed by atoms with Gasteiger partial charge in [-0.2, -0.15) is 0 Å². The van der Waals surface area contributed by atoms with Crippen molar-refractivity contribution in [2.45, 2.75) is 38.4 Å². The molecule has 2 aliphatic carbocycles. The molecule has 0 heterocycles. The van der Waals surface area contributed by atoms with E-state index in [1.807, 2.05) is 20.8 Å². The zero-order valence-corrected chi connectivity index (χ0v) is 16.3. The fraction of sp³-hybridized carbons (Fsp3) is 0.529. The molecule has 1 N–H and O–H groups in total. The van der Waals surface area contributed by atoms with E-state index < -0.39 is 21.1 Å². The monoisotopic (exact) mass is 417 g/mol. The molecule has 23 heavy (non-hydrogen) atoms. The third-order valence-electron chi connectivity index (χ3n) is 6.33. The van der Waals surface area contributed by atoms with Gasteiger partial charge < -0.3 is 5.32 Å². The van der Waals surface area contributed by atoms with Crippen LogP contribution < -0.4 is 5.32 Å². The third-order valence-corrected chi connectivity index (χ3v) is 8.15. The Bertz CT molecular complexity index is 700. The number of Topliss-reactive ketones (excluding diaryl/α,β-unsaturated/α-hetero) is 1. The Morgan fingerprint density at radius 2 is 1.78 bits per heavy atom. The third kappa shape index (κ3) is 1.95. The van der Waals surface area contributed by atoms with Crippen molar-refractivity contribution in [3.05, 3.63) is 28.2 Å². The zero-order valence-electron chi connectivity index (χ0n) is 13.2. The van der Waals surface area contributed by atoms with E-state index in [0.29, 0.717) is 28.6 Å². The molecule has 2 aliphatic rings. The van der Waals surface area contributed by atoms with E-state index in [1.54, 1.807) is 18.2 Å². The molecule has 1 aromatic rings. The van der Waals surface area contributed by atoms with Crippen molar-refractivity contribution in [1.29, 1.82) is 0 Å². The second-order valence-corrected chi connectivity index (χ2v) is 8.94. The van der Waals surface area contributed by atoms with Gasteiger partial charge in [0.1, 0.15) is 0 Å². The van der Waals surface area contributed by atoms with Crippen molar-refractivity contribution in [2.75, 3.05) is 5.32 Å². The number of amides is 1. The quantitative estimate of drug-likeness (QED) is 0.679. The molecule has 2 fully saturated rings. The molecule has 2 saturated carbocycles. The van der Waals surface area contributed by atoms with Gasteiger partial charge in [-0.1, -0.05) is 66.0 Å². The summed E-state index contributed by atoms with van der Waals surface area (Å²) in [4.78, 5) is 25.4. The van der Waals surface area contributed by atoms with Crippen LogP contribution in [0.4, 0.5) is 5.69 Å². The molecular formula is C17H18BrCl2NO2. The van der Waals surface area contributed by atoms with Crippen molar-refractivity contribution in [3.63, 3.8) is 0 Å². The average Bonchev–Trinajstić information content (AvgIpc) is 2.75. The fourth-order valence-corrected chi connectivity index (χ4v) is 6.30. The molecule has 0 aliphatic heterocycles. The second-order valence-electron chi connectivity index (χ2n) is 7.21. The number of alkyl halides is 1. The molecule has 3 rings (SSSR count). The predicted octanol–water partition coefficient (Wildman–Crippen LogP) is 5.09. The lowest BCUT2D eigenvalue weighted by Crippen LogP contribution is -2.48. The van der Waals surface area contributed by atoms with Gasteiger partial charge in [0, 0.05) is 5.41 Å². The summed E-state index contributed by atoms with van der Waals surface area (Å²) in [5.41, 5.74) is -1.36. The van der Waals surface area contributed by atoms with Crippen LogP contribution in [0, 0.1) is 16.2 Å². The minimum Gasteiger partial charge on any atom is -0.323 e. The lowest BCUT2D eigenvalue weighted by atomic mass is 9.64. The van der Waals surface area contributed by atoms with E-state index in [9.17, 15) is 9.59 Å². The summed E-state index contributed by atoms with van der Waals surface area (Å²) in [7, 11) is 0. The number of ketones is 1. The minimum atomic E-state index is -0.804. The molecule has 0 aromatic heterocycles. The molecule has 0 saturated heterocycles. The van der Waals surface area contributed by atoms with Crippen molar-refractivity contribution in [1.82, 2.24) is 0 Å². The number of anilines is 1. The van der Waals surface area contributed by atoms with Crippen LogP contribution in [0.15, 0.2) is 18.2 Å². The van der Waals surface area contributed by atoms with Crippen LogP contribution in [-0.2, 0) is 9.59 Å². The first-order valence-electron chi connectivity index (χ1n) is 7.53. The van der Waals surface area contributed by atoms with E-state index in [1.165, 1.54) is 0 Å². The maximum Gasteiger partial charge on any atom is 0.232 e. The van der Waals surface area contributed by atoms with Crippen molar-refractivity contribution in [3.8, 4) is 0 Å². The number of carbonyl (C=O) groups is 2. The Morgan fingerprint density at radius 3 is 2.26 bits per heavy atom. The number of rotatable bonds is 2. The smallest absolute Gasteiger partial charge is 0.232 e. The maximum absolute atomic E-state index is 13.2. The van der Waals surface area contributed by atoms with Gasteiger partial charge in [0.05, 0.1) is 26.0 Å². The Hall–Kier alpha value is -0.580. The van der Waals surface area contributed by atoms with Crippen LogP contribution in [0.1, 0.15) is 33.6 Å². The number of nitrogens with one attached hydrogen (secondary N) is 1. The van der Waals surface area contributed by atoms with Gasteiger partial charge in [0.2, 0.25) is 5.91 Å². The van der Waals surface area contributed by atoms with Crippen molar-refractivity contribution < 1.29 is 9.59 Å². The van der Waals surface area contributed by atoms with Crippen LogP contribution in [-0.4, -0.2) is 16.5 Å². The summed E-state index contributed by atoms with van der Waals surface area (Å²) in [6.07, 6.45) is 1.37. The van der Waals surface area contributed by atoms with Gasteiger partial charge in [-0.3, -0.25) is 9.59 Å². The normalized spacial score (nSPS) is 34.7. The molecule has 1 aromatic carbocycles. The number of carbonyl (C=O) groups excluding carboxylic acids is 2. The Morgan fingerprint density at radius 1 is 1.22 bits per heavy atom. The number of benzene rings is 1. The maximum atomic E-state index is 13.2. The zero-order chi connectivity index (χ0) is 17.2. The number of halogens is 3. The first-order chi connectivity index (χ1) is 10.6. The molecule has 0 unspecified atom stereocenters. The molecule has 124 valence electrons. The number of para-hydroxylation sites is 1. The van der Waals surface area contributed by atoms with Crippen molar-refractivity contribution in [2.24, 2.45) is 16.2 Å². The van der Waals surface area contributed by atoms with Crippen LogP contribution in [0.25, 0.3) is 0 Å². The molecular weight excluding hydrogens is 401 g/mol. The highest BCUT2D eigenvalue weighted by molar-refractivity contribution is 9.10. The van der Waals surface area contributed by atoms with Gasteiger partial charge in [-0.25, -0.2) is 0 Å². The number of hydrogen-bond acceptors (Lipinski definition) is 2. The van der Waals surface area contributed by atoms with Crippen molar-refractivity contribution >= 4 is 56.5 Å². The number of fused-ring (bicyclic) bond motifs is 2. The summed E-state index contributed by atoms with van der Waals surface area (Å²) in [6, 6.07) is 5.08. The molecule has 0 spiro atoms. The van der Waals surface area contributed by atoms with Gasteiger partial charge in [0.15, 0.2) is 5.78 Å². The highest BCUT2D eigenvalue weighted by Gasteiger charge is 2.76. The highest BCUT2D eigenvalue weighted by Crippen LogP contribution is 2.72. The standard InChI is InChI=1S/C17H18BrCl2NO2/c1-15(2)16(3)7-8-17(15,12(18)13(16)22)14(23)21-11-9(19)5-4-6-10(11)20/h4-6,12H,7-8H2,1-3H3,(H,21,23)/t12-,16-,17-/m1/s1. The average molecular weight is 419 g/mol. The van der Waals surface area contributed by atoms with Gasteiger partial charge in [-0.05, 0) is 30.4 Å². The van der Waals surface area contributed by atoms with E-state index >= 15 is 0 Å². The summed E-state index contributed by atoms with van der Waals surface area (Å²) in [5, 5.41) is 3.65. The molecule has 3 atom stereocenters. The van der Waals surface area contributed by atoms with E-state index in [4.69, 9.17) is 23.2 Å². The van der Waals surface area contributed by atoms with E-state index in [0.717, 1.165) is 0 Å². The predicted molar refractivity (Wildman–Crippen MR) is 96.4 cm³/mol.